The van der Waals surface area contributed by atoms with E-state index < -0.39 is 0 Å². The first kappa shape index (κ1) is 16.1. The molecule has 4 rings (SSSR count). The van der Waals surface area contributed by atoms with Gasteiger partial charge in [-0.1, -0.05) is 23.7 Å². The summed E-state index contributed by atoms with van der Waals surface area (Å²) in [5, 5.41) is 6.21. The lowest BCUT2D eigenvalue weighted by Gasteiger charge is -2.09. The summed E-state index contributed by atoms with van der Waals surface area (Å²) >= 11 is 5.96. The Bertz CT molecular complexity index is 1080. The third-order valence-electron chi connectivity index (χ3n) is 3.80. The molecule has 1 aromatic carbocycles. The molecule has 0 fully saturated rings. The van der Waals surface area contributed by atoms with Crippen molar-refractivity contribution in [1.82, 2.24) is 14.4 Å². The van der Waals surface area contributed by atoms with E-state index in [1.165, 1.54) is 0 Å². The van der Waals surface area contributed by atoms with Crippen LogP contribution in [0.5, 0.6) is 0 Å². The maximum absolute atomic E-state index is 12.5. The summed E-state index contributed by atoms with van der Waals surface area (Å²) in [4.78, 5) is 21.2. The topological polar surface area (TPSA) is 71.3 Å². The highest BCUT2D eigenvalue weighted by atomic mass is 35.5. The largest absolute Gasteiger partial charge is 0.324 e. The molecule has 0 aliphatic rings. The second kappa shape index (κ2) is 6.85. The minimum Gasteiger partial charge on any atom is -0.308 e. The Labute approximate surface area is 154 Å². The van der Waals surface area contributed by atoms with Gasteiger partial charge in [0.15, 0.2) is 0 Å². The van der Waals surface area contributed by atoms with Crippen LogP contribution in [0.15, 0.2) is 73.2 Å². The molecule has 0 unspecified atom stereocenters. The van der Waals surface area contributed by atoms with Gasteiger partial charge in [-0.25, -0.2) is 9.78 Å². The molecule has 128 valence electrons. The number of hydrogen-bond acceptors (Lipinski definition) is 3. The van der Waals surface area contributed by atoms with Crippen molar-refractivity contribution in [2.45, 2.75) is 0 Å². The predicted octanol–water partition coefficient (Wildman–Crippen LogP) is 4.69. The van der Waals surface area contributed by atoms with Crippen molar-refractivity contribution < 1.29 is 4.79 Å². The number of carbonyl (C=O) groups is 1. The maximum atomic E-state index is 12.5. The highest BCUT2D eigenvalue weighted by molar-refractivity contribution is 6.30. The number of urea groups is 1. The molecular weight excluding hydrogens is 350 g/mol. The smallest absolute Gasteiger partial charge is 0.308 e. The van der Waals surface area contributed by atoms with Gasteiger partial charge in [-0.3, -0.25) is 14.7 Å². The van der Waals surface area contributed by atoms with Crippen LogP contribution in [0.25, 0.3) is 16.9 Å². The number of aromatic nitrogens is 3. The minimum absolute atomic E-state index is 0.381. The molecular formula is C19H14ClN5O. The molecule has 0 aliphatic heterocycles. The Hall–Kier alpha value is -3.38. The van der Waals surface area contributed by atoms with Crippen LogP contribution in [0.2, 0.25) is 5.02 Å². The van der Waals surface area contributed by atoms with Crippen molar-refractivity contribution >= 4 is 34.8 Å². The number of amides is 2. The summed E-state index contributed by atoms with van der Waals surface area (Å²) in [6.07, 6.45) is 5.23. The van der Waals surface area contributed by atoms with Gasteiger partial charge in [0.05, 0.1) is 0 Å². The molecule has 3 aromatic heterocycles. The van der Waals surface area contributed by atoms with Crippen LogP contribution >= 0.6 is 11.6 Å². The number of rotatable bonds is 3. The van der Waals surface area contributed by atoms with Gasteiger partial charge in [-0.15, -0.1) is 0 Å². The summed E-state index contributed by atoms with van der Waals surface area (Å²) in [6.45, 7) is 0. The van der Waals surface area contributed by atoms with Crippen LogP contribution in [0.1, 0.15) is 0 Å². The van der Waals surface area contributed by atoms with Crippen molar-refractivity contribution in [2.75, 3.05) is 10.6 Å². The summed E-state index contributed by atoms with van der Waals surface area (Å²) < 4.78 is 1.83. The van der Waals surface area contributed by atoms with E-state index in [2.05, 4.69) is 20.6 Å². The number of nitrogens with one attached hydrogen (secondary N) is 2. The van der Waals surface area contributed by atoms with Crippen molar-refractivity contribution in [2.24, 2.45) is 0 Å². The molecule has 0 aliphatic carbocycles. The second-order valence-corrected chi connectivity index (χ2v) is 6.00. The molecule has 0 saturated carbocycles. The number of carbonyl (C=O) groups excluding carboxylic acids is 1. The monoisotopic (exact) mass is 363 g/mol. The zero-order valence-corrected chi connectivity index (χ0v) is 14.3. The fraction of sp³-hybridized carbons (Fsp3) is 0. The lowest BCUT2D eigenvalue weighted by Crippen LogP contribution is -2.20. The van der Waals surface area contributed by atoms with E-state index in [9.17, 15) is 4.79 Å². The zero-order valence-electron chi connectivity index (χ0n) is 13.6. The molecule has 0 radical (unpaired) electrons. The number of fused-ring (bicyclic) bond motifs is 1. The molecule has 0 spiro atoms. The maximum Gasteiger partial charge on any atom is 0.324 e. The van der Waals surface area contributed by atoms with E-state index in [1.807, 2.05) is 40.9 Å². The van der Waals surface area contributed by atoms with Crippen molar-refractivity contribution in [1.29, 1.82) is 0 Å². The first-order valence-electron chi connectivity index (χ1n) is 7.92. The zero-order chi connectivity index (χ0) is 17.9. The van der Waals surface area contributed by atoms with Gasteiger partial charge in [0.1, 0.15) is 17.2 Å². The average molecular weight is 364 g/mol. The van der Waals surface area contributed by atoms with Gasteiger partial charge in [0.2, 0.25) is 0 Å². The molecule has 3 heterocycles. The summed E-state index contributed by atoms with van der Waals surface area (Å²) in [5.41, 5.74) is 2.87. The number of imidazole rings is 1. The fourth-order valence-corrected chi connectivity index (χ4v) is 2.85. The van der Waals surface area contributed by atoms with Crippen LogP contribution in [-0.2, 0) is 0 Å². The van der Waals surface area contributed by atoms with Gasteiger partial charge in [0, 0.05) is 34.9 Å². The highest BCUT2D eigenvalue weighted by Crippen LogP contribution is 2.28. The summed E-state index contributed by atoms with van der Waals surface area (Å²) in [6, 6.07) is 15.9. The SMILES string of the molecule is O=C(Nc1cccc(Cl)c1)Nc1c(-c2ccncc2)nc2ccccn12. The average Bonchev–Trinajstić information content (AvgIpc) is 3.01. The van der Waals surface area contributed by atoms with Crippen molar-refractivity contribution in [3.8, 4) is 11.3 Å². The lowest BCUT2D eigenvalue weighted by molar-refractivity contribution is 0.262. The van der Waals surface area contributed by atoms with Gasteiger partial charge in [-0.05, 0) is 42.5 Å². The first-order valence-corrected chi connectivity index (χ1v) is 8.29. The molecule has 2 amide bonds. The van der Waals surface area contributed by atoms with Crippen LogP contribution in [-0.4, -0.2) is 20.4 Å². The van der Waals surface area contributed by atoms with Crippen LogP contribution < -0.4 is 10.6 Å². The fourth-order valence-electron chi connectivity index (χ4n) is 2.66. The van der Waals surface area contributed by atoms with Crippen LogP contribution in [0.3, 0.4) is 0 Å². The van der Waals surface area contributed by atoms with E-state index >= 15 is 0 Å². The van der Waals surface area contributed by atoms with Crippen molar-refractivity contribution in [3.05, 3.63) is 78.2 Å². The quantitative estimate of drug-likeness (QED) is 0.554. The molecule has 0 saturated heterocycles. The summed E-state index contributed by atoms with van der Waals surface area (Å²) in [5.74, 6) is 0.575. The Morgan fingerprint density at radius 3 is 2.65 bits per heavy atom. The molecule has 4 aromatic rings. The lowest BCUT2D eigenvalue weighted by atomic mass is 10.2. The molecule has 26 heavy (non-hydrogen) atoms. The molecule has 0 atom stereocenters. The predicted molar refractivity (Wildman–Crippen MR) is 103 cm³/mol. The molecule has 6 nitrogen and oxygen atoms in total. The van der Waals surface area contributed by atoms with Crippen LogP contribution in [0.4, 0.5) is 16.3 Å². The van der Waals surface area contributed by atoms with Gasteiger partial charge < -0.3 is 5.32 Å². The van der Waals surface area contributed by atoms with E-state index in [0.717, 1.165) is 11.2 Å². The second-order valence-electron chi connectivity index (χ2n) is 5.56. The molecule has 2 N–H and O–H groups in total. The third-order valence-corrected chi connectivity index (χ3v) is 4.03. The van der Waals surface area contributed by atoms with Gasteiger partial charge in [-0.2, -0.15) is 0 Å². The van der Waals surface area contributed by atoms with Crippen molar-refractivity contribution in [3.63, 3.8) is 0 Å². The van der Waals surface area contributed by atoms with Gasteiger partial charge in [0.25, 0.3) is 0 Å². The summed E-state index contributed by atoms with van der Waals surface area (Å²) in [7, 11) is 0. The van der Waals surface area contributed by atoms with Crippen LogP contribution in [0, 0.1) is 0 Å². The number of benzene rings is 1. The van der Waals surface area contributed by atoms with E-state index in [0.29, 0.717) is 22.2 Å². The molecule has 0 bridgehead atoms. The normalized spacial score (nSPS) is 10.7. The number of halogens is 1. The van der Waals surface area contributed by atoms with Gasteiger partial charge >= 0.3 is 6.03 Å². The van der Waals surface area contributed by atoms with E-state index in [4.69, 9.17) is 11.6 Å². The number of hydrogen-bond donors (Lipinski definition) is 2. The Morgan fingerprint density at radius 1 is 1.00 bits per heavy atom. The standard InChI is InChI=1S/C19H14ClN5O/c20-14-4-3-5-15(12-14)22-19(26)24-18-17(13-7-9-21-10-8-13)23-16-6-1-2-11-25(16)18/h1-12H,(H2,22,24,26). The van der Waals surface area contributed by atoms with E-state index in [1.54, 1.807) is 36.7 Å². The number of anilines is 2. The highest BCUT2D eigenvalue weighted by Gasteiger charge is 2.16. The minimum atomic E-state index is -0.381. The number of pyridine rings is 2. The first-order chi connectivity index (χ1) is 12.7. The number of nitrogens with zero attached hydrogens (tertiary/aromatic N) is 3. The molecule has 7 heteroatoms. The Balaban J connectivity index is 1.70. The Kier molecular flexibility index (Phi) is 4.25. The third kappa shape index (κ3) is 3.22. The van der Waals surface area contributed by atoms with E-state index in [-0.39, 0.29) is 6.03 Å². The Morgan fingerprint density at radius 2 is 1.85 bits per heavy atom.